The van der Waals surface area contributed by atoms with Crippen LogP contribution in [0.15, 0.2) is 51.7 Å². The molecule has 21 heavy (non-hydrogen) atoms. The summed E-state index contributed by atoms with van der Waals surface area (Å²) in [6, 6.07) is 13.2. The van der Waals surface area contributed by atoms with Crippen LogP contribution in [0.3, 0.4) is 0 Å². The third-order valence-electron chi connectivity index (χ3n) is 3.57. The quantitative estimate of drug-likeness (QED) is 0.380. The van der Waals surface area contributed by atoms with Gasteiger partial charge in [-0.05, 0) is 22.9 Å². The SMILES string of the molecule is Nc1cc2oc3cc4ccccc4cc3nc-2c(=O)c1N. The first-order chi connectivity index (χ1) is 10.1. The molecule has 4 N–H and O–H groups in total. The second kappa shape index (κ2) is 3.96. The van der Waals surface area contributed by atoms with Crippen LogP contribution in [0.25, 0.3) is 33.3 Å². The van der Waals surface area contributed by atoms with Gasteiger partial charge < -0.3 is 15.9 Å². The number of nitrogens with two attached hydrogens (primary N) is 2. The number of nitrogen functional groups attached to an aromatic ring is 2. The average Bonchev–Trinajstić information content (AvgIpc) is 2.49. The van der Waals surface area contributed by atoms with Crippen LogP contribution in [0.2, 0.25) is 0 Å². The maximum absolute atomic E-state index is 12.1. The fraction of sp³-hybridized carbons (Fsp3) is 0. The van der Waals surface area contributed by atoms with Crippen molar-refractivity contribution in [2.24, 2.45) is 0 Å². The molecule has 0 bridgehead atoms. The molecule has 0 saturated heterocycles. The standard InChI is InChI=1S/C16H11N3O2/c17-10-7-13-15(16(20)14(10)18)19-11-5-8-3-1-2-4-9(8)6-12(11)21-13/h1-7H,17-18H2. The molecular weight excluding hydrogens is 266 g/mol. The van der Waals surface area contributed by atoms with E-state index in [1.807, 2.05) is 36.4 Å². The molecule has 2 aromatic rings. The number of hydrogen-bond acceptors (Lipinski definition) is 5. The number of benzene rings is 3. The van der Waals surface area contributed by atoms with Crippen LogP contribution in [-0.4, -0.2) is 4.98 Å². The van der Waals surface area contributed by atoms with E-state index >= 15 is 0 Å². The highest BCUT2D eigenvalue weighted by atomic mass is 16.3. The third-order valence-corrected chi connectivity index (χ3v) is 3.57. The summed E-state index contributed by atoms with van der Waals surface area (Å²) in [6.45, 7) is 0. The Balaban J connectivity index is 2.19. The molecule has 0 aromatic heterocycles. The molecule has 0 amide bonds. The molecule has 2 aliphatic rings. The summed E-state index contributed by atoms with van der Waals surface area (Å²) < 4.78 is 5.77. The van der Waals surface area contributed by atoms with E-state index in [-0.39, 0.29) is 17.1 Å². The van der Waals surface area contributed by atoms with Crippen LogP contribution in [0.4, 0.5) is 11.4 Å². The zero-order chi connectivity index (χ0) is 14.6. The fourth-order valence-corrected chi connectivity index (χ4v) is 2.46. The summed E-state index contributed by atoms with van der Waals surface area (Å²) in [5.41, 5.74) is 12.6. The maximum Gasteiger partial charge on any atom is 0.232 e. The van der Waals surface area contributed by atoms with Gasteiger partial charge in [-0.3, -0.25) is 4.79 Å². The molecule has 5 nitrogen and oxygen atoms in total. The highest BCUT2D eigenvalue weighted by molar-refractivity contribution is 5.95. The zero-order valence-corrected chi connectivity index (χ0v) is 11.0. The van der Waals surface area contributed by atoms with Gasteiger partial charge in [0.1, 0.15) is 11.2 Å². The molecule has 4 rings (SSSR count). The van der Waals surface area contributed by atoms with Crippen molar-refractivity contribution in [3.63, 3.8) is 0 Å². The van der Waals surface area contributed by atoms with Crippen molar-refractivity contribution in [1.29, 1.82) is 0 Å². The number of nitrogens with zero attached hydrogens (tertiary/aromatic N) is 1. The first-order valence-electron chi connectivity index (χ1n) is 6.45. The predicted molar refractivity (Wildman–Crippen MR) is 83.2 cm³/mol. The van der Waals surface area contributed by atoms with Gasteiger partial charge in [-0.1, -0.05) is 24.3 Å². The molecule has 1 aliphatic heterocycles. The van der Waals surface area contributed by atoms with Crippen molar-refractivity contribution in [2.75, 3.05) is 11.5 Å². The summed E-state index contributed by atoms with van der Waals surface area (Å²) in [4.78, 5) is 16.5. The Morgan fingerprint density at radius 1 is 1.00 bits per heavy atom. The Kier molecular flexibility index (Phi) is 2.21. The Hall–Kier alpha value is -3.08. The van der Waals surface area contributed by atoms with Crippen LogP contribution in [0.1, 0.15) is 0 Å². The Bertz CT molecular complexity index is 1040. The van der Waals surface area contributed by atoms with E-state index in [0.717, 1.165) is 10.8 Å². The van der Waals surface area contributed by atoms with Gasteiger partial charge in [0, 0.05) is 6.07 Å². The minimum absolute atomic E-state index is 0.00494. The van der Waals surface area contributed by atoms with Crippen molar-refractivity contribution in [3.8, 4) is 11.5 Å². The number of aromatic nitrogens is 1. The highest BCUT2D eigenvalue weighted by Gasteiger charge is 2.17. The first kappa shape index (κ1) is 11.7. The second-order valence-corrected chi connectivity index (χ2v) is 4.94. The van der Waals surface area contributed by atoms with Gasteiger partial charge in [-0.2, -0.15) is 0 Å². The number of rotatable bonds is 0. The Morgan fingerprint density at radius 3 is 2.48 bits per heavy atom. The maximum atomic E-state index is 12.1. The number of fused-ring (bicyclic) bond motifs is 3. The highest BCUT2D eigenvalue weighted by Crippen LogP contribution is 2.29. The molecule has 0 spiro atoms. The van der Waals surface area contributed by atoms with Gasteiger partial charge in [0.05, 0.1) is 5.69 Å². The first-order valence-corrected chi connectivity index (χ1v) is 6.45. The molecule has 0 fully saturated rings. The predicted octanol–water partition coefficient (Wildman–Crippen LogP) is 2.61. The smallest absolute Gasteiger partial charge is 0.232 e. The Morgan fingerprint density at radius 2 is 1.71 bits per heavy atom. The van der Waals surface area contributed by atoms with Gasteiger partial charge in [-0.15, -0.1) is 0 Å². The summed E-state index contributed by atoms with van der Waals surface area (Å²) in [6.07, 6.45) is 0. The topological polar surface area (TPSA) is 95.1 Å². The molecule has 0 radical (unpaired) electrons. The van der Waals surface area contributed by atoms with E-state index < -0.39 is 5.43 Å². The van der Waals surface area contributed by atoms with Crippen molar-refractivity contribution in [1.82, 2.24) is 4.98 Å². The van der Waals surface area contributed by atoms with Crippen molar-refractivity contribution in [2.45, 2.75) is 0 Å². The molecule has 102 valence electrons. The summed E-state index contributed by atoms with van der Waals surface area (Å²) in [5.74, 6) is 0.342. The molecule has 0 atom stereocenters. The summed E-state index contributed by atoms with van der Waals surface area (Å²) >= 11 is 0. The monoisotopic (exact) mass is 277 g/mol. The average molecular weight is 277 g/mol. The van der Waals surface area contributed by atoms with Gasteiger partial charge in [0.2, 0.25) is 5.43 Å². The van der Waals surface area contributed by atoms with Crippen LogP contribution in [-0.2, 0) is 0 Å². The van der Waals surface area contributed by atoms with Crippen LogP contribution < -0.4 is 16.9 Å². The number of anilines is 2. The van der Waals surface area contributed by atoms with E-state index in [2.05, 4.69) is 4.98 Å². The molecule has 0 unspecified atom stereocenters. The molecule has 5 heteroatoms. The van der Waals surface area contributed by atoms with E-state index in [0.29, 0.717) is 16.9 Å². The van der Waals surface area contributed by atoms with Crippen LogP contribution >= 0.6 is 0 Å². The van der Waals surface area contributed by atoms with Crippen molar-refractivity contribution < 1.29 is 4.42 Å². The van der Waals surface area contributed by atoms with E-state index in [4.69, 9.17) is 15.9 Å². The minimum Gasteiger partial charge on any atom is -0.453 e. The summed E-state index contributed by atoms with van der Waals surface area (Å²) in [7, 11) is 0. The lowest BCUT2D eigenvalue weighted by molar-refractivity contribution is 0.613. The van der Waals surface area contributed by atoms with Gasteiger partial charge in [0.25, 0.3) is 0 Å². The third kappa shape index (κ3) is 1.64. The molecule has 1 aliphatic carbocycles. The second-order valence-electron chi connectivity index (χ2n) is 4.94. The van der Waals surface area contributed by atoms with Crippen LogP contribution in [0.5, 0.6) is 0 Å². The molecule has 0 saturated carbocycles. The fourth-order valence-electron chi connectivity index (χ4n) is 2.46. The van der Waals surface area contributed by atoms with Crippen molar-refractivity contribution in [3.05, 3.63) is 52.7 Å². The lowest BCUT2D eigenvalue weighted by Gasteiger charge is -2.09. The number of hydrogen-bond donors (Lipinski definition) is 2. The molecule has 1 heterocycles. The van der Waals surface area contributed by atoms with Crippen LogP contribution in [0, 0.1) is 0 Å². The van der Waals surface area contributed by atoms with E-state index in [9.17, 15) is 4.79 Å². The van der Waals surface area contributed by atoms with Gasteiger partial charge in [-0.25, -0.2) is 4.98 Å². The molecular formula is C16H11N3O2. The van der Waals surface area contributed by atoms with Gasteiger partial charge >= 0.3 is 0 Å². The van der Waals surface area contributed by atoms with Crippen molar-refractivity contribution >= 4 is 33.2 Å². The lowest BCUT2D eigenvalue weighted by atomic mass is 10.1. The largest absolute Gasteiger partial charge is 0.453 e. The van der Waals surface area contributed by atoms with Gasteiger partial charge in [0.15, 0.2) is 17.0 Å². The zero-order valence-electron chi connectivity index (χ0n) is 11.0. The van der Waals surface area contributed by atoms with E-state index in [1.165, 1.54) is 6.07 Å². The Labute approximate surface area is 119 Å². The summed E-state index contributed by atoms with van der Waals surface area (Å²) in [5, 5.41) is 2.07. The minimum atomic E-state index is -0.399. The van der Waals surface area contributed by atoms with E-state index in [1.54, 1.807) is 0 Å². The normalized spacial score (nSPS) is 11.4. The lowest BCUT2D eigenvalue weighted by Crippen LogP contribution is -2.15. The molecule has 2 aromatic carbocycles.